The minimum atomic E-state index is -3.37. The van der Waals surface area contributed by atoms with E-state index in [0.717, 1.165) is 49.7 Å². The number of likely N-dealkylation sites (tertiary alicyclic amines) is 1. The van der Waals surface area contributed by atoms with Gasteiger partial charge in [-0.05, 0) is 113 Å². The first kappa shape index (κ1) is 27.3. The predicted octanol–water partition coefficient (Wildman–Crippen LogP) is 4.22. The highest BCUT2D eigenvalue weighted by atomic mass is 79.9. The van der Waals surface area contributed by atoms with E-state index in [9.17, 15) is 8.42 Å². The number of hydrogen-bond donors (Lipinski definition) is 1. The van der Waals surface area contributed by atoms with Crippen LogP contribution < -0.4 is 9.46 Å². The summed E-state index contributed by atoms with van der Waals surface area (Å²) in [5, 5.41) is 0. The van der Waals surface area contributed by atoms with Crippen molar-refractivity contribution in [2.24, 2.45) is 11.8 Å². The van der Waals surface area contributed by atoms with Crippen LogP contribution in [0.4, 0.5) is 0 Å². The first-order valence-corrected chi connectivity index (χ1v) is 15.6. The molecule has 0 unspecified atom stereocenters. The zero-order valence-corrected chi connectivity index (χ0v) is 23.5. The van der Waals surface area contributed by atoms with Crippen LogP contribution >= 0.6 is 15.9 Å². The summed E-state index contributed by atoms with van der Waals surface area (Å²) in [5.41, 5.74) is 1.35. The lowest BCUT2D eigenvalue weighted by Crippen LogP contribution is -2.50. The number of nitrogens with one attached hydrogen (secondary N) is 1. The molecule has 1 aromatic rings. The van der Waals surface area contributed by atoms with Crippen molar-refractivity contribution < 1.29 is 17.9 Å². The predicted molar refractivity (Wildman–Crippen MR) is 143 cm³/mol. The molecule has 0 aromatic heterocycles. The van der Waals surface area contributed by atoms with Gasteiger partial charge in [0.2, 0.25) is 0 Å². The maximum Gasteiger partial charge on any atom is 0.279 e. The first-order chi connectivity index (χ1) is 16.9. The van der Waals surface area contributed by atoms with Gasteiger partial charge in [0, 0.05) is 23.6 Å². The second-order valence-corrected chi connectivity index (χ2v) is 13.0. The number of rotatable bonds is 10. The SMILES string of the molecule is COc1ccc(Br)c(CC2CCN(CCCC3CCC(NS(=O)(=O)N4CCOCC4)CC3)CC2)c1. The molecule has 0 atom stereocenters. The van der Waals surface area contributed by atoms with Gasteiger partial charge < -0.3 is 14.4 Å². The van der Waals surface area contributed by atoms with E-state index in [2.05, 4.69) is 37.7 Å². The maximum absolute atomic E-state index is 12.6. The minimum Gasteiger partial charge on any atom is -0.497 e. The van der Waals surface area contributed by atoms with Crippen molar-refractivity contribution in [1.29, 1.82) is 0 Å². The Morgan fingerprint density at radius 1 is 1.03 bits per heavy atom. The molecule has 4 rings (SSSR count). The lowest BCUT2D eigenvalue weighted by atomic mass is 9.83. The van der Waals surface area contributed by atoms with Gasteiger partial charge >= 0.3 is 0 Å². The molecule has 0 radical (unpaired) electrons. The molecule has 0 amide bonds. The van der Waals surface area contributed by atoms with E-state index < -0.39 is 10.2 Å². The van der Waals surface area contributed by atoms with Crippen molar-refractivity contribution in [3.63, 3.8) is 0 Å². The third kappa shape index (κ3) is 8.14. The molecule has 2 saturated heterocycles. The van der Waals surface area contributed by atoms with E-state index in [0.29, 0.717) is 26.3 Å². The van der Waals surface area contributed by atoms with E-state index in [4.69, 9.17) is 9.47 Å². The fraction of sp³-hybridized carbons (Fsp3) is 0.769. The third-order valence-electron chi connectivity index (χ3n) is 8.03. The second-order valence-electron chi connectivity index (χ2n) is 10.4. The van der Waals surface area contributed by atoms with Crippen LogP contribution in [0.25, 0.3) is 0 Å². The summed E-state index contributed by atoms with van der Waals surface area (Å²) in [5.74, 6) is 2.41. The lowest BCUT2D eigenvalue weighted by Gasteiger charge is -2.34. The van der Waals surface area contributed by atoms with Crippen molar-refractivity contribution in [2.45, 2.75) is 63.8 Å². The third-order valence-corrected chi connectivity index (χ3v) is 10.5. The van der Waals surface area contributed by atoms with Crippen molar-refractivity contribution in [3.05, 3.63) is 28.2 Å². The van der Waals surface area contributed by atoms with Crippen molar-refractivity contribution >= 4 is 26.1 Å². The van der Waals surface area contributed by atoms with Crippen molar-refractivity contribution in [3.8, 4) is 5.75 Å². The Balaban J connectivity index is 1.10. The van der Waals surface area contributed by atoms with Crippen LogP contribution in [0, 0.1) is 11.8 Å². The standard InChI is InChI=1S/C26H42BrN3O4S/c1-33-25-8-9-26(27)23(20-25)19-22-10-13-29(14-11-22)12-2-3-21-4-6-24(7-5-21)28-35(31,32)30-15-17-34-18-16-30/h8-9,20-22,24,28H,2-7,10-19H2,1H3. The lowest BCUT2D eigenvalue weighted by molar-refractivity contribution is 0.0721. The number of ether oxygens (including phenoxy) is 2. The molecule has 1 aromatic carbocycles. The summed E-state index contributed by atoms with van der Waals surface area (Å²) in [6.45, 7) is 5.49. The van der Waals surface area contributed by atoms with Gasteiger partial charge in [-0.1, -0.05) is 15.9 Å². The van der Waals surface area contributed by atoms with Gasteiger partial charge in [-0.25, -0.2) is 0 Å². The molecule has 2 aliphatic heterocycles. The molecular weight excluding hydrogens is 530 g/mol. The molecule has 9 heteroatoms. The monoisotopic (exact) mass is 571 g/mol. The van der Waals surface area contributed by atoms with Crippen LogP contribution in [0.3, 0.4) is 0 Å². The highest BCUT2D eigenvalue weighted by Crippen LogP contribution is 2.30. The Labute approximate surface area is 220 Å². The molecule has 3 aliphatic rings. The Hall–Kier alpha value is -0.710. The summed E-state index contributed by atoms with van der Waals surface area (Å²) in [6, 6.07) is 6.35. The summed E-state index contributed by atoms with van der Waals surface area (Å²) in [6.07, 6.45) is 10.3. The Kier molecular flexibility index (Phi) is 10.3. The van der Waals surface area contributed by atoms with Gasteiger partial charge in [0.15, 0.2) is 0 Å². The number of piperidine rings is 1. The molecular formula is C26H42BrN3O4S. The second kappa shape index (κ2) is 13.2. The minimum absolute atomic E-state index is 0.0859. The van der Waals surface area contributed by atoms with E-state index in [1.54, 1.807) is 7.11 Å². The number of halogens is 1. The quantitative estimate of drug-likeness (QED) is 0.455. The van der Waals surface area contributed by atoms with Gasteiger partial charge in [-0.3, -0.25) is 0 Å². The number of benzene rings is 1. The van der Waals surface area contributed by atoms with Crippen LogP contribution in [0.1, 0.15) is 56.9 Å². The van der Waals surface area contributed by atoms with Gasteiger partial charge in [-0.15, -0.1) is 0 Å². The molecule has 1 N–H and O–H groups in total. The summed E-state index contributed by atoms with van der Waals surface area (Å²) < 4.78 is 41.5. The van der Waals surface area contributed by atoms with Gasteiger partial charge in [-0.2, -0.15) is 17.4 Å². The molecule has 198 valence electrons. The van der Waals surface area contributed by atoms with E-state index >= 15 is 0 Å². The topological polar surface area (TPSA) is 71.1 Å². The van der Waals surface area contributed by atoms with Gasteiger partial charge in [0.05, 0.1) is 20.3 Å². The van der Waals surface area contributed by atoms with Crippen molar-refractivity contribution in [1.82, 2.24) is 13.9 Å². The fourth-order valence-electron chi connectivity index (χ4n) is 5.80. The average molecular weight is 573 g/mol. The van der Waals surface area contributed by atoms with Gasteiger partial charge in [0.25, 0.3) is 10.2 Å². The fourth-order valence-corrected chi connectivity index (χ4v) is 7.65. The number of hydrogen-bond acceptors (Lipinski definition) is 5. The van der Waals surface area contributed by atoms with Crippen LogP contribution in [0.15, 0.2) is 22.7 Å². The number of morpholine rings is 1. The van der Waals surface area contributed by atoms with Crippen LogP contribution in [-0.4, -0.2) is 76.7 Å². The maximum atomic E-state index is 12.6. The van der Waals surface area contributed by atoms with Crippen molar-refractivity contribution in [2.75, 3.05) is 53.0 Å². The zero-order chi connectivity index (χ0) is 24.7. The summed E-state index contributed by atoms with van der Waals surface area (Å²) in [4.78, 5) is 2.64. The molecule has 3 fully saturated rings. The molecule has 0 bridgehead atoms. The highest BCUT2D eigenvalue weighted by Gasteiger charge is 2.29. The Morgan fingerprint density at radius 3 is 2.43 bits per heavy atom. The zero-order valence-electron chi connectivity index (χ0n) is 21.1. The van der Waals surface area contributed by atoms with Crippen LogP contribution in [-0.2, 0) is 21.4 Å². The number of methoxy groups -OCH3 is 1. The molecule has 2 heterocycles. The molecule has 1 aliphatic carbocycles. The molecule has 7 nitrogen and oxygen atoms in total. The average Bonchev–Trinajstić information content (AvgIpc) is 2.88. The first-order valence-electron chi connectivity index (χ1n) is 13.3. The summed E-state index contributed by atoms with van der Waals surface area (Å²) in [7, 11) is -1.65. The molecule has 35 heavy (non-hydrogen) atoms. The molecule has 0 spiro atoms. The Bertz CT molecular complexity index is 894. The highest BCUT2D eigenvalue weighted by molar-refractivity contribution is 9.10. The molecule has 1 saturated carbocycles. The van der Waals surface area contributed by atoms with E-state index in [1.807, 2.05) is 6.07 Å². The smallest absolute Gasteiger partial charge is 0.279 e. The largest absolute Gasteiger partial charge is 0.497 e. The van der Waals surface area contributed by atoms with E-state index in [1.165, 1.54) is 59.7 Å². The van der Waals surface area contributed by atoms with Crippen LogP contribution in [0.5, 0.6) is 5.75 Å². The van der Waals surface area contributed by atoms with Gasteiger partial charge in [0.1, 0.15) is 5.75 Å². The summed E-state index contributed by atoms with van der Waals surface area (Å²) >= 11 is 3.70. The number of nitrogens with zero attached hydrogens (tertiary/aromatic N) is 2. The normalized spacial score (nSPS) is 25.5. The Morgan fingerprint density at radius 2 is 1.74 bits per heavy atom. The van der Waals surface area contributed by atoms with Crippen LogP contribution in [0.2, 0.25) is 0 Å². The van der Waals surface area contributed by atoms with E-state index in [-0.39, 0.29) is 6.04 Å².